The van der Waals surface area contributed by atoms with Gasteiger partial charge in [-0.2, -0.15) is 0 Å². The largest absolute Gasteiger partial charge is 0.390 e. The molecule has 2 aliphatic rings. The van der Waals surface area contributed by atoms with Gasteiger partial charge in [-0.25, -0.2) is 8.42 Å². The molecule has 0 radical (unpaired) electrons. The van der Waals surface area contributed by atoms with Crippen LogP contribution in [-0.2, 0) is 14.6 Å². The highest BCUT2D eigenvalue weighted by atomic mass is 32.2. The Bertz CT molecular complexity index is 401. The first kappa shape index (κ1) is 16.2. The number of likely N-dealkylation sites (tertiary alicyclic amines) is 1. The number of ether oxygens (including phenoxy) is 1. The lowest BCUT2D eigenvalue weighted by molar-refractivity contribution is 0.0341. The number of nitrogens with zero attached hydrogens (tertiary/aromatic N) is 1. The number of piperidine rings is 1. The molecule has 20 heavy (non-hydrogen) atoms. The monoisotopic (exact) mass is 306 g/mol. The maximum Gasteiger partial charge on any atom is 0.154 e. The smallest absolute Gasteiger partial charge is 0.154 e. The molecule has 0 aromatic carbocycles. The molecule has 0 aromatic heterocycles. The summed E-state index contributed by atoms with van der Waals surface area (Å²) >= 11 is 0. The van der Waals surface area contributed by atoms with Gasteiger partial charge in [0.05, 0.1) is 30.3 Å². The molecule has 0 saturated carbocycles. The van der Waals surface area contributed by atoms with Crippen LogP contribution >= 0.6 is 0 Å². The normalized spacial score (nSPS) is 34.4. The van der Waals surface area contributed by atoms with Crippen molar-refractivity contribution in [3.05, 3.63) is 0 Å². The first-order chi connectivity index (χ1) is 9.53. The molecule has 3 atom stereocenters. The Balaban J connectivity index is 1.93. The van der Waals surface area contributed by atoms with Crippen LogP contribution in [0.5, 0.6) is 0 Å². The highest BCUT2D eigenvalue weighted by Crippen LogP contribution is 2.26. The van der Waals surface area contributed by atoms with E-state index in [1.807, 2.05) is 0 Å². The van der Waals surface area contributed by atoms with Gasteiger partial charge in [0.2, 0.25) is 0 Å². The minimum Gasteiger partial charge on any atom is -0.390 e. The van der Waals surface area contributed by atoms with Crippen molar-refractivity contribution in [3.63, 3.8) is 0 Å². The molecule has 2 saturated heterocycles. The van der Waals surface area contributed by atoms with Crippen molar-refractivity contribution >= 4 is 9.84 Å². The van der Waals surface area contributed by atoms with E-state index in [0.717, 1.165) is 32.5 Å². The molecule has 6 nitrogen and oxygen atoms in total. The molecule has 2 heterocycles. The minimum absolute atomic E-state index is 0.0853. The highest BCUT2D eigenvalue weighted by Gasteiger charge is 2.42. The summed E-state index contributed by atoms with van der Waals surface area (Å²) in [6.07, 6.45) is 2.57. The summed E-state index contributed by atoms with van der Waals surface area (Å²) in [5.41, 5.74) is 0. The van der Waals surface area contributed by atoms with Crippen LogP contribution in [0, 0.1) is 0 Å². The summed E-state index contributed by atoms with van der Waals surface area (Å²) in [6.45, 7) is 3.18. The number of methoxy groups -OCH3 is 1. The van der Waals surface area contributed by atoms with Crippen molar-refractivity contribution in [3.8, 4) is 0 Å². The Labute approximate surface area is 121 Å². The topological polar surface area (TPSA) is 78.9 Å². The van der Waals surface area contributed by atoms with Crippen molar-refractivity contribution in [2.75, 3.05) is 44.9 Å². The maximum absolute atomic E-state index is 11.7. The minimum atomic E-state index is -3.08. The van der Waals surface area contributed by atoms with Crippen molar-refractivity contribution in [1.82, 2.24) is 10.2 Å². The van der Waals surface area contributed by atoms with Crippen molar-refractivity contribution in [2.24, 2.45) is 0 Å². The first-order valence-corrected chi connectivity index (χ1v) is 9.19. The molecule has 0 amide bonds. The summed E-state index contributed by atoms with van der Waals surface area (Å²) < 4.78 is 28.4. The highest BCUT2D eigenvalue weighted by molar-refractivity contribution is 7.91. The zero-order valence-electron chi connectivity index (χ0n) is 12.1. The van der Waals surface area contributed by atoms with Gasteiger partial charge in [-0.15, -0.1) is 0 Å². The van der Waals surface area contributed by atoms with Gasteiger partial charge >= 0.3 is 0 Å². The predicted octanol–water partition coefficient (Wildman–Crippen LogP) is -0.765. The summed E-state index contributed by atoms with van der Waals surface area (Å²) in [5, 5.41) is 13.4. The van der Waals surface area contributed by atoms with Crippen LogP contribution in [0.2, 0.25) is 0 Å². The Hall–Kier alpha value is -0.210. The molecule has 7 heteroatoms. The van der Waals surface area contributed by atoms with Crippen LogP contribution in [-0.4, -0.2) is 81.5 Å². The van der Waals surface area contributed by atoms with E-state index in [-0.39, 0.29) is 17.5 Å². The Morgan fingerprint density at radius 1 is 1.35 bits per heavy atom. The van der Waals surface area contributed by atoms with E-state index < -0.39 is 15.9 Å². The molecule has 2 rings (SSSR count). The van der Waals surface area contributed by atoms with Gasteiger partial charge in [0.15, 0.2) is 9.84 Å². The van der Waals surface area contributed by atoms with Crippen LogP contribution in [0.1, 0.15) is 19.3 Å². The number of sulfone groups is 1. The Morgan fingerprint density at radius 3 is 2.80 bits per heavy atom. The lowest BCUT2D eigenvalue weighted by atomic mass is 9.98. The van der Waals surface area contributed by atoms with Crippen LogP contribution in [0.25, 0.3) is 0 Å². The third-order valence-corrected chi connectivity index (χ3v) is 5.95. The van der Waals surface area contributed by atoms with Crippen LogP contribution in [0.3, 0.4) is 0 Å². The summed E-state index contributed by atoms with van der Waals surface area (Å²) in [7, 11) is -1.40. The quantitative estimate of drug-likeness (QED) is 0.628. The van der Waals surface area contributed by atoms with Gasteiger partial charge in [-0.3, -0.25) is 4.90 Å². The summed E-state index contributed by atoms with van der Waals surface area (Å²) in [6, 6.07) is 0.0862. The fraction of sp³-hybridized carbons (Fsp3) is 1.00. The Morgan fingerprint density at radius 2 is 2.15 bits per heavy atom. The fourth-order valence-electron chi connectivity index (χ4n) is 3.25. The SMILES string of the molecule is COCCNCC1CCCCN1C1CS(=O)(=O)CC1O. The van der Waals surface area contributed by atoms with E-state index in [0.29, 0.717) is 12.6 Å². The third-order valence-electron chi connectivity index (χ3n) is 4.26. The lowest BCUT2D eigenvalue weighted by Gasteiger charge is -2.40. The molecule has 3 unspecified atom stereocenters. The van der Waals surface area contributed by atoms with E-state index in [4.69, 9.17) is 4.74 Å². The third kappa shape index (κ3) is 4.14. The molecule has 0 aromatic rings. The van der Waals surface area contributed by atoms with E-state index in [1.54, 1.807) is 7.11 Å². The first-order valence-electron chi connectivity index (χ1n) is 7.37. The van der Waals surface area contributed by atoms with Gasteiger partial charge < -0.3 is 15.2 Å². The molecular formula is C13H26N2O4S. The van der Waals surface area contributed by atoms with Gasteiger partial charge in [0.25, 0.3) is 0 Å². The molecular weight excluding hydrogens is 280 g/mol. The van der Waals surface area contributed by atoms with Crippen molar-refractivity contribution in [2.45, 2.75) is 37.5 Å². The van der Waals surface area contributed by atoms with E-state index in [2.05, 4.69) is 10.2 Å². The van der Waals surface area contributed by atoms with Gasteiger partial charge in [0, 0.05) is 26.2 Å². The van der Waals surface area contributed by atoms with E-state index in [1.165, 1.54) is 6.42 Å². The molecule has 0 aliphatic carbocycles. The number of nitrogens with one attached hydrogen (secondary N) is 1. The van der Waals surface area contributed by atoms with E-state index >= 15 is 0 Å². The summed E-state index contributed by atoms with van der Waals surface area (Å²) in [4.78, 5) is 2.21. The van der Waals surface area contributed by atoms with Gasteiger partial charge in [0.1, 0.15) is 0 Å². The lowest BCUT2D eigenvalue weighted by Crippen LogP contribution is -2.54. The molecule has 0 spiro atoms. The fourth-order valence-corrected chi connectivity index (χ4v) is 5.06. The van der Waals surface area contributed by atoms with Crippen LogP contribution in [0.15, 0.2) is 0 Å². The second-order valence-corrected chi connectivity index (χ2v) is 7.95. The number of hydrogen-bond donors (Lipinski definition) is 2. The van der Waals surface area contributed by atoms with Gasteiger partial charge in [-0.05, 0) is 19.4 Å². The van der Waals surface area contributed by atoms with Crippen LogP contribution < -0.4 is 5.32 Å². The van der Waals surface area contributed by atoms with E-state index in [9.17, 15) is 13.5 Å². The number of aliphatic hydroxyl groups is 1. The van der Waals surface area contributed by atoms with Crippen molar-refractivity contribution in [1.29, 1.82) is 0 Å². The average molecular weight is 306 g/mol. The average Bonchev–Trinajstić information content (AvgIpc) is 2.68. The summed E-state index contributed by atoms with van der Waals surface area (Å²) in [5.74, 6) is 0.0146. The molecule has 0 bridgehead atoms. The van der Waals surface area contributed by atoms with Gasteiger partial charge in [-0.1, -0.05) is 6.42 Å². The van der Waals surface area contributed by atoms with Crippen molar-refractivity contribution < 1.29 is 18.3 Å². The number of hydrogen-bond acceptors (Lipinski definition) is 6. The molecule has 118 valence electrons. The zero-order valence-corrected chi connectivity index (χ0v) is 12.9. The predicted molar refractivity (Wildman–Crippen MR) is 77.5 cm³/mol. The molecule has 2 aliphatic heterocycles. The maximum atomic E-state index is 11.7. The molecule has 2 N–H and O–H groups in total. The Kier molecular flexibility index (Phi) is 5.80. The van der Waals surface area contributed by atoms with Crippen LogP contribution in [0.4, 0.5) is 0 Å². The second-order valence-electron chi connectivity index (χ2n) is 5.80. The zero-order chi connectivity index (χ0) is 14.6. The number of rotatable bonds is 6. The standard InChI is InChI=1S/C13H26N2O4S/c1-19-7-5-14-8-11-4-2-3-6-15(11)12-9-20(17,18)10-13(12)16/h11-14,16H,2-10H2,1H3. The second kappa shape index (κ2) is 7.17. The number of aliphatic hydroxyl groups excluding tert-OH is 1. The molecule has 2 fully saturated rings.